The van der Waals surface area contributed by atoms with Gasteiger partial charge in [-0.3, -0.25) is 0 Å². The summed E-state index contributed by atoms with van der Waals surface area (Å²) in [5, 5.41) is 0. The van der Waals surface area contributed by atoms with E-state index < -0.39 is 11.6 Å². The molecular weight excluding hydrogens is 310 g/mol. The second-order valence-electron chi connectivity index (χ2n) is 4.73. The molecule has 0 bridgehead atoms. The molecule has 0 saturated heterocycles. The van der Waals surface area contributed by atoms with E-state index in [0.717, 1.165) is 16.7 Å². The average Bonchev–Trinajstić information content (AvgIpc) is 2.37. The third kappa shape index (κ3) is 3.21. The van der Waals surface area contributed by atoms with E-state index in [1.54, 1.807) is 0 Å². The fourth-order valence-electron chi connectivity index (χ4n) is 2.11. The minimum absolute atomic E-state index is 0.0983. The Kier molecular flexibility index (Phi) is 4.35. The first-order valence-electron chi connectivity index (χ1n) is 6.13. The first-order valence-corrected chi connectivity index (χ1v) is 7.04. The maximum Gasteiger partial charge on any atom is 0.129 e. The highest BCUT2D eigenvalue weighted by Crippen LogP contribution is 2.31. The SMILES string of the molecule is Cc1ccc(C)c(C(Br)Cc2c(F)cccc2F)c1. The Bertz CT molecular complexity index is 573. The number of alkyl halides is 1. The van der Waals surface area contributed by atoms with Crippen molar-refractivity contribution in [1.29, 1.82) is 0 Å². The fourth-order valence-corrected chi connectivity index (χ4v) is 2.93. The number of hydrogen-bond acceptors (Lipinski definition) is 0. The molecule has 1 unspecified atom stereocenters. The Hall–Kier alpha value is -1.22. The summed E-state index contributed by atoms with van der Waals surface area (Å²) in [4.78, 5) is -0.0983. The van der Waals surface area contributed by atoms with Gasteiger partial charge in [-0.15, -0.1) is 0 Å². The number of rotatable bonds is 3. The predicted molar refractivity (Wildman–Crippen MR) is 77.6 cm³/mol. The molecule has 0 fully saturated rings. The van der Waals surface area contributed by atoms with Gasteiger partial charge in [-0.25, -0.2) is 8.78 Å². The largest absolute Gasteiger partial charge is 0.207 e. The molecule has 2 aromatic rings. The maximum absolute atomic E-state index is 13.6. The van der Waals surface area contributed by atoms with Crippen molar-refractivity contribution >= 4 is 15.9 Å². The summed E-state index contributed by atoms with van der Waals surface area (Å²) in [5.41, 5.74) is 3.45. The van der Waals surface area contributed by atoms with Crippen LogP contribution >= 0.6 is 15.9 Å². The lowest BCUT2D eigenvalue weighted by Crippen LogP contribution is -2.03. The van der Waals surface area contributed by atoms with Crippen LogP contribution in [0.25, 0.3) is 0 Å². The van der Waals surface area contributed by atoms with Crippen LogP contribution < -0.4 is 0 Å². The normalized spacial score (nSPS) is 12.5. The quantitative estimate of drug-likeness (QED) is 0.675. The lowest BCUT2D eigenvalue weighted by Gasteiger charge is -2.15. The van der Waals surface area contributed by atoms with Crippen molar-refractivity contribution in [3.8, 4) is 0 Å². The van der Waals surface area contributed by atoms with Crippen LogP contribution in [0.4, 0.5) is 8.78 Å². The fraction of sp³-hybridized carbons (Fsp3) is 0.250. The molecular formula is C16H15BrF2. The molecule has 0 spiro atoms. The van der Waals surface area contributed by atoms with E-state index in [-0.39, 0.29) is 10.4 Å². The lowest BCUT2D eigenvalue weighted by atomic mass is 9.98. The van der Waals surface area contributed by atoms with Crippen molar-refractivity contribution in [1.82, 2.24) is 0 Å². The zero-order valence-electron chi connectivity index (χ0n) is 10.9. The lowest BCUT2D eigenvalue weighted by molar-refractivity contribution is 0.554. The van der Waals surface area contributed by atoms with Crippen LogP contribution in [0.5, 0.6) is 0 Å². The summed E-state index contributed by atoms with van der Waals surface area (Å²) in [7, 11) is 0. The Balaban J connectivity index is 2.31. The summed E-state index contributed by atoms with van der Waals surface area (Å²) < 4.78 is 27.3. The molecule has 0 N–H and O–H groups in total. The Morgan fingerprint density at radius 2 is 1.68 bits per heavy atom. The monoisotopic (exact) mass is 324 g/mol. The second-order valence-corrected chi connectivity index (χ2v) is 5.84. The van der Waals surface area contributed by atoms with Gasteiger partial charge in [0.25, 0.3) is 0 Å². The molecule has 3 heteroatoms. The molecule has 0 radical (unpaired) electrons. The van der Waals surface area contributed by atoms with E-state index in [0.29, 0.717) is 6.42 Å². The van der Waals surface area contributed by atoms with Crippen molar-refractivity contribution < 1.29 is 8.78 Å². The van der Waals surface area contributed by atoms with Crippen LogP contribution in [-0.4, -0.2) is 0 Å². The Morgan fingerprint density at radius 1 is 1.05 bits per heavy atom. The molecule has 19 heavy (non-hydrogen) atoms. The maximum atomic E-state index is 13.6. The van der Waals surface area contributed by atoms with Crippen LogP contribution in [0.1, 0.15) is 27.1 Å². The van der Waals surface area contributed by atoms with E-state index in [1.807, 2.05) is 32.0 Å². The van der Waals surface area contributed by atoms with Gasteiger partial charge >= 0.3 is 0 Å². The molecule has 2 rings (SSSR count). The van der Waals surface area contributed by atoms with Crippen molar-refractivity contribution in [2.45, 2.75) is 25.1 Å². The number of hydrogen-bond donors (Lipinski definition) is 0. The summed E-state index contributed by atoms with van der Waals surface area (Å²) in [6, 6.07) is 10.1. The highest BCUT2D eigenvalue weighted by atomic mass is 79.9. The van der Waals surface area contributed by atoms with Gasteiger partial charge in [-0.05, 0) is 43.5 Å². The Morgan fingerprint density at radius 3 is 2.32 bits per heavy atom. The Labute approximate surface area is 120 Å². The van der Waals surface area contributed by atoms with E-state index in [9.17, 15) is 8.78 Å². The highest BCUT2D eigenvalue weighted by Gasteiger charge is 2.16. The van der Waals surface area contributed by atoms with Gasteiger partial charge in [-0.2, -0.15) is 0 Å². The number of halogens is 3. The number of benzene rings is 2. The van der Waals surface area contributed by atoms with Crippen molar-refractivity contribution in [3.63, 3.8) is 0 Å². The number of aryl methyl sites for hydroxylation is 2. The minimum Gasteiger partial charge on any atom is -0.207 e. The molecule has 0 aliphatic rings. The van der Waals surface area contributed by atoms with Gasteiger partial charge in [0.1, 0.15) is 11.6 Å². The second kappa shape index (κ2) is 5.83. The van der Waals surface area contributed by atoms with Crippen LogP contribution in [0, 0.1) is 25.5 Å². The van der Waals surface area contributed by atoms with Gasteiger partial charge in [0.2, 0.25) is 0 Å². The smallest absolute Gasteiger partial charge is 0.129 e. The van der Waals surface area contributed by atoms with Gasteiger partial charge in [0, 0.05) is 10.4 Å². The third-order valence-corrected chi connectivity index (χ3v) is 4.03. The molecule has 0 saturated carbocycles. The van der Waals surface area contributed by atoms with Gasteiger partial charge in [0.05, 0.1) is 0 Å². The van der Waals surface area contributed by atoms with Crippen LogP contribution in [-0.2, 0) is 6.42 Å². The summed E-state index contributed by atoms with van der Waals surface area (Å²) in [6.07, 6.45) is 0.294. The zero-order chi connectivity index (χ0) is 14.0. The van der Waals surface area contributed by atoms with Crippen molar-refractivity contribution in [2.75, 3.05) is 0 Å². The molecule has 100 valence electrons. The van der Waals surface area contributed by atoms with Crippen LogP contribution in [0.3, 0.4) is 0 Å². The summed E-state index contributed by atoms with van der Waals surface area (Å²) >= 11 is 3.54. The van der Waals surface area contributed by atoms with E-state index in [2.05, 4.69) is 15.9 Å². The molecule has 1 atom stereocenters. The van der Waals surface area contributed by atoms with E-state index in [1.165, 1.54) is 18.2 Å². The first-order chi connectivity index (χ1) is 8.99. The summed E-state index contributed by atoms with van der Waals surface area (Å²) in [5.74, 6) is -0.982. The first kappa shape index (κ1) is 14.2. The van der Waals surface area contributed by atoms with Gasteiger partial charge < -0.3 is 0 Å². The van der Waals surface area contributed by atoms with Gasteiger partial charge in [0.15, 0.2) is 0 Å². The van der Waals surface area contributed by atoms with Crippen LogP contribution in [0.15, 0.2) is 36.4 Å². The van der Waals surface area contributed by atoms with Crippen LogP contribution in [0.2, 0.25) is 0 Å². The molecule has 0 aliphatic heterocycles. The van der Waals surface area contributed by atoms with Crippen molar-refractivity contribution in [2.24, 2.45) is 0 Å². The molecule has 0 amide bonds. The summed E-state index contributed by atoms with van der Waals surface area (Å²) in [6.45, 7) is 4.01. The standard InChI is InChI=1S/C16H15BrF2/c1-10-6-7-11(2)12(8-10)14(17)9-13-15(18)4-3-5-16(13)19/h3-8,14H,9H2,1-2H3. The predicted octanol–water partition coefficient (Wildman–Crippen LogP) is 5.26. The highest BCUT2D eigenvalue weighted by molar-refractivity contribution is 9.09. The third-order valence-electron chi connectivity index (χ3n) is 3.22. The molecule has 0 aliphatic carbocycles. The minimum atomic E-state index is -0.491. The molecule has 0 nitrogen and oxygen atoms in total. The van der Waals surface area contributed by atoms with E-state index >= 15 is 0 Å². The topological polar surface area (TPSA) is 0 Å². The van der Waals surface area contributed by atoms with E-state index in [4.69, 9.17) is 0 Å². The molecule has 0 heterocycles. The molecule has 2 aromatic carbocycles. The average molecular weight is 325 g/mol. The molecule has 0 aromatic heterocycles. The van der Waals surface area contributed by atoms with Crippen molar-refractivity contribution in [3.05, 3.63) is 70.3 Å². The zero-order valence-corrected chi connectivity index (χ0v) is 12.5. The van der Waals surface area contributed by atoms with Gasteiger partial charge in [-0.1, -0.05) is 45.8 Å².